The number of nitrogens with zero attached hydrogens (tertiary/aromatic N) is 4. The van der Waals surface area contributed by atoms with Crippen LogP contribution in [0.5, 0.6) is 0 Å². The van der Waals surface area contributed by atoms with Gasteiger partial charge in [0.15, 0.2) is 34.5 Å². The minimum absolute atomic E-state index is 0.00888. The number of imidazole rings is 1. The second kappa shape index (κ2) is 9.17. The molecule has 2 aliphatic heterocycles. The molecule has 30 heavy (non-hydrogen) atoms. The minimum Gasteiger partial charge on any atom is -0.382 e. The molecule has 2 aromatic heterocycles. The van der Waals surface area contributed by atoms with E-state index in [0.717, 1.165) is 18.6 Å². The molecule has 0 amide bonds. The highest BCUT2D eigenvalue weighted by Gasteiger charge is 2.60. The third-order valence-electron chi connectivity index (χ3n) is 5.18. The van der Waals surface area contributed by atoms with Gasteiger partial charge < -0.3 is 15.2 Å². The summed E-state index contributed by atoms with van der Waals surface area (Å²) in [6, 6.07) is 0. The van der Waals surface area contributed by atoms with Gasteiger partial charge in [0.2, 0.25) is 0 Å². The zero-order valence-electron chi connectivity index (χ0n) is 16.9. The Kier molecular flexibility index (Phi) is 6.76. The van der Waals surface area contributed by atoms with Gasteiger partial charge in [0.25, 0.3) is 0 Å². The molecule has 0 radical (unpaired) electrons. The van der Waals surface area contributed by atoms with Crippen LogP contribution in [0, 0.1) is 0 Å². The summed E-state index contributed by atoms with van der Waals surface area (Å²) in [5, 5.41) is 0.689. The van der Waals surface area contributed by atoms with Crippen LogP contribution in [0.15, 0.2) is 11.5 Å². The lowest BCUT2D eigenvalue weighted by molar-refractivity contribution is -0.0763. The van der Waals surface area contributed by atoms with Crippen molar-refractivity contribution in [2.24, 2.45) is 0 Å². The Morgan fingerprint density at radius 3 is 2.93 bits per heavy atom. The van der Waals surface area contributed by atoms with Gasteiger partial charge in [0.05, 0.1) is 0 Å². The van der Waals surface area contributed by atoms with Crippen LogP contribution in [0.25, 0.3) is 11.2 Å². The molecule has 2 aromatic rings. The predicted octanol–water partition coefficient (Wildman–Crippen LogP) is 2.07. The first kappa shape index (κ1) is 22.1. The molecule has 13 heteroatoms. The third-order valence-corrected chi connectivity index (χ3v) is 7.22. The number of fused-ring (bicyclic) bond motifs is 2. The molecule has 2 saturated heterocycles. The van der Waals surface area contributed by atoms with Crippen molar-refractivity contribution in [1.29, 1.82) is 0 Å². The van der Waals surface area contributed by atoms with Gasteiger partial charge in [-0.05, 0) is 6.42 Å². The number of nitrogen functional groups attached to an aromatic ring is 1. The van der Waals surface area contributed by atoms with Crippen molar-refractivity contribution >= 4 is 36.9 Å². The molecule has 0 bridgehead atoms. The lowest BCUT2D eigenvalue weighted by atomic mass is 10.1. The number of unbranched alkanes of at least 4 members (excludes halogenated alkanes) is 3. The van der Waals surface area contributed by atoms with Crippen LogP contribution in [-0.4, -0.2) is 67.1 Å². The first-order valence-electron chi connectivity index (χ1n) is 9.92. The minimum atomic E-state index is -3.89. The molecular formula is C17H27N5O6PS+. The first-order valence-corrected chi connectivity index (χ1v) is 12.4. The predicted molar refractivity (Wildman–Crippen MR) is 111 cm³/mol. The SMILES string of the molecule is CCCCCCSc1nc2c(N)ncnc2n1[C@@H]1O[C@H]2CO[P+](O)(O)O[C@@H]2C1OC. The average Bonchev–Trinajstić information content (AvgIpc) is 3.25. The summed E-state index contributed by atoms with van der Waals surface area (Å²) in [5.41, 5.74) is 7.05. The standard InChI is InChI=1S/C17H27N5O6PS/c1-3-4-5-6-7-30-17-21-11-14(18)19-9-20-15(11)22(17)16-13(25-2)12-10(27-16)8-26-29(23,24)28-12/h9-10,12-13,16,23-24H,3-8H2,1-2H3,(H2,18,19,20)/q+1/t10-,12-,13?,16+/m0/s1. The fraction of sp³-hybridized carbons (Fsp3) is 0.706. The van der Waals surface area contributed by atoms with Crippen LogP contribution in [0.2, 0.25) is 0 Å². The highest BCUT2D eigenvalue weighted by molar-refractivity contribution is 7.99. The number of ether oxygens (including phenoxy) is 2. The van der Waals surface area contributed by atoms with E-state index in [9.17, 15) is 9.79 Å². The van der Waals surface area contributed by atoms with Gasteiger partial charge in [-0.2, -0.15) is 14.3 Å². The van der Waals surface area contributed by atoms with Gasteiger partial charge in [0.1, 0.15) is 25.1 Å². The van der Waals surface area contributed by atoms with E-state index in [1.54, 1.807) is 11.8 Å². The molecule has 2 aliphatic rings. The summed E-state index contributed by atoms with van der Waals surface area (Å²) in [5.74, 6) is 1.17. The molecule has 0 aromatic carbocycles. The lowest BCUT2D eigenvalue weighted by Gasteiger charge is -2.26. The molecule has 0 spiro atoms. The van der Waals surface area contributed by atoms with E-state index >= 15 is 0 Å². The van der Waals surface area contributed by atoms with Gasteiger partial charge >= 0.3 is 8.17 Å². The quantitative estimate of drug-likeness (QED) is 0.302. The average molecular weight is 460 g/mol. The Balaban J connectivity index is 1.66. The highest BCUT2D eigenvalue weighted by atomic mass is 32.2. The monoisotopic (exact) mass is 460 g/mol. The zero-order chi connectivity index (χ0) is 21.3. The molecule has 4 heterocycles. The second-order valence-corrected chi connectivity index (χ2v) is 9.74. The number of hydrogen-bond acceptors (Lipinski definition) is 11. The smallest absolute Gasteiger partial charge is 0.382 e. The molecule has 4 rings (SSSR count). The molecule has 4 N–H and O–H groups in total. The van der Waals surface area contributed by atoms with E-state index in [1.165, 1.54) is 26.3 Å². The van der Waals surface area contributed by atoms with E-state index in [4.69, 9.17) is 24.3 Å². The maximum Gasteiger partial charge on any atom is 0.570 e. The zero-order valence-corrected chi connectivity index (χ0v) is 18.6. The second-order valence-electron chi connectivity index (χ2n) is 7.23. The summed E-state index contributed by atoms with van der Waals surface area (Å²) in [6.07, 6.45) is 3.48. The molecule has 0 aliphatic carbocycles. The number of aromatic nitrogens is 4. The Labute approximate surface area is 178 Å². The van der Waals surface area contributed by atoms with Crippen LogP contribution >= 0.6 is 19.9 Å². The number of methoxy groups -OCH3 is 1. The van der Waals surface area contributed by atoms with E-state index in [-0.39, 0.29) is 12.4 Å². The summed E-state index contributed by atoms with van der Waals surface area (Å²) in [6.45, 7) is 2.17. The summed E-state index contributed by atoms with van der Waals surface area (Å²) in [4.78, 5) is 32.8. The topological polar surface area (TPSA) is 147 Å². The van der Waals surface area contributed by atoms with Gasteiger partial charge in [-0.1, -0.05) is 37.9 Å². The first-order chi connectivity index (χ1) is 14.4. The highest BCUT2D eigenvalue weighted by Crippen LogP contribution is 2.59. The van der Waals surface area contributed by atoms with Gasteiger partial charge in [0, 0.05) is 12.9 Å². The van der Waals surface area contributed by atoms with Crippen molar-refractivity contribution in [2.45, 2.75) is 62.3 Å². The van der Waals surface area contributed by atoms with E-state index in [1.807, 2.05) is 4.57 Å². The largest absolute Gasteiger partial charge is 0.570 e. The van der Waals surface area contributed by atoms with Crippen LogP contribution in [0.4, 0.5) is 5.82 Å². The normalized spacial score (nSPS) is 28.1. The van der Waals surface area contributed by atoms with Gasteiger partial charge in [-0.15, -0.1) is 4.52 Å². The maximum atomic E-state index is 9.85. The number of thioether (sulfide) groups is 1. The van der Waals surface area contributed by atoms with Gasteiger partial charge in [-0.3, -0.25) is 4.57 Å². The number of nitrogens with two attached hydrogens (primary N) is 1. The Bertz CT molecular complexity index is 886. The van der Waals surface area contributed by atoms with E-state index in [0.29, 0.717) is 16.3 Å². The lowest BCUT2D eigenvalue weighted by Crippen LogP contribution is -2.41. The van der Waals surface area contributed by atoms with Crippen LogP contribution in [-0.2, 0) is 18.5 Å². The van der Waals surface area contributed by atoms with Crippen molar-refractivity contribution in [3.63, 3.8) is 0 Å². The molecule has 1 unspecified atom stereocenters. The van der Waals surface area contributed by atoms with Crippen molar-refractivity contribution in [3.05, 3.63) is 6.33 Å². The van der Waals surface area contributed by atoms with E-state index in [2.05, 4.69) is 21.9 Å². The van der Waals surface area contributed by atoms with Crippen molar-refractivity contribution in [3.8, 4) is 0 Å². The molecule has 4 atom stereocenters. The van der Waals surface area contributed by atoms with Gasteiger partial charge in [-0.25, -0.2) is 15.0 Å². The molecule has 11 nitrogen and oxygen atoms in total. The Hall–Kier alpha value is -1.11. The van der Waals surface area contributed by atoms with Crippen LogP contribution in [0.3, 0.4) is 0 Å². The molecule has 0 saturated carbocycles. The van der Waals surface area contributed by atoms with Crippen molar-refractivity contribution in [1.82, 2.24) is 19.5 Å². The molecular weight excluding hydrogens is 433 g/mol. The Morgan fingerprint density at radius 2 is 2.17 bits per heavy atom. The van der Waals surface area contributed by atoms with Crippen LogP contribution in [0.1, 0.15) is 38.8 Å². The fourth-order valence-electron chi connectivity index (χ4n) is 3.72. The van der Waals surface area contributed by atoms with Crippen LogP contribution < -0.4 is 5.73 Å². The summed E-state index contributed by atoms with van der Waals surface area (Å²) in [7, 11) is -2.37. The number of rotatable bonds is 8. The molecule has 2 fully saturated rings. The number of anilines is 1. The van der Waals surface area contributed by atoms with Crippen molar-refractivity contribution < 1.29 is 28.3 Å². The van der Waals surface area contributed by atoms with Crippen molar-refractivity contribution in [2.75, 3.05) is 25.2 Å². The third kappa shape index (κ3) is 4.28. The summed E-state index contributed by atoms with van der Waals surface area (Å²) < 4.78 is 24.1. The summed E-state index contributed by atoms with van der Waals surface area (Å²) >= 11 is 1.59. The van der Waals surface area contributed by atoms with E-state index < -0.39 is 32.7 Å². The maximum absolute atomic E-state index is 9.85. The Morgan fingerprint density at radius 1 is 1.33 bits per heavy atom. The number of hydrogen-bond donors (Lipinski definition) is 3. The fourth-order valence-corrected chi connectivity index (χ4v) is 5.71. The molecule has 166 valence electrons.